The first-order valence-corrected chi connectivity index (χ1v) is 11.5. The van der Waals surface area contributed by atoms with E-state index in [0.29, 0.717) is 19.4 Å². The third kappa shape index (κ3) is 3.49. The predicted octanol–water partition coefficient (Wildman–Crippen LogP) is 0.556. The fraction of sp³-hybridized carbons (Fsp3) is 0.850. The minimum atomic E-state index is -1.06. The van der Waals surface area contributed by atoms with Crippen LogP contribution in [0.3, 0.4) is 0 Å². The lowest BCUT2D eigenvalue weighted by Crippen LogP contribution is -2.59. The quantitative estimate of drug-likeness (QED) is 0.446. The second-order valence-electron chi connectivity index (χ2n) is 8.61. The van der Waals surface area contributed by atoms with Gasteiger partial charge in [-0.15, -0.1) is 0 Å². The molecule has 0 radical (unpaired) electrons. The number of carbonyl (C=O) groups excluding carboxylic acids is 3. The molecule has 1 spiro atoms. The molecule has 3 heterocycles. The molecular formula is C20H32BrN3O5. The summed E-state index contributed by atoms with van der Waals surface area (Å²) in [6.07, 6.45) is 1.32. The molecule has 164 valence electrons. The Kier molecular flexibility index (Phi) is 6.60. The van der Waals surface area contributed by atoms with Gasteiger partial charge in [-0.1, -0.05) is 29.8 Å². The van der Waals surface area contributed by atoms with Crippen molar-refractivity contribution in [3.8, 4) is 0 Å². The average molecular weight is 474 g/mol. The van der Waals surface area contributed by atoms with E-state index in [-0.39, 0.29) is 35.2 Å². The van der Waals surface area contributed by atoms with Crippen LogP contribution >= 0.6 is 15.9 Å². The lowest BCUT2D eigenvalue weighted by atomic mass is 9.70. The highest BCUT2D eigenvalue weighted by Crippen LogP contribution is 2.60. The summed E-state index contributed by atoms with van der Waals surface area (Å²) in [6, 6.07) is -1.47. The fourth-order valence-corrected chi connectivity index (χ4v) is 6.15. The summed E-state index contributed by atoms with van der Waals surface area (Å²) in [4.78, 5) is 41.2. The number of nitrogens with zero attached hydrogens (tertiary/aromatic N) is 1. The Hall–Kier alpha value is -1.19. The molecule has 3 unspecified atom stereocenters. The molecule has 29 heavy (non-hydrogen) atoms. The summed E-state index contributed by atoms with van der Waals surface area (Å²) >= 11 is 3.63. The van der Waals surface area contributed by atoms with Crippen LogP contribution < -0.4 is 10.6 Å². The Morgan fingerprint density at radius 3 is 2.59 bits per heavy atom. The maximum absolute atomic E-state index is 13.6. The molecule has 3 amide bonds. The molecule has 0 aromatic carbocycles. The van der Waals surface area contributed by atoms with Crippen LogP contribution in [-0.4, -0.2) is 75.5 Å². The molecular weight excluding hydrogens is 442 g/mol. The average Bonchev–Trinajstić information content (AvgIpc) is 3.24. The fourth-order valence-electron chi connectivity index (χ4n) is 5.20. The number of fused-ring (bicyclic) bond motifs is 1. The molecule has 9 heteroatoms. The number of hydrogen-bond donors (Lipinski definition) is 3. The van der Waals surface area contributed by atoms with Crippen LogP contribution in [0.5, 0.6) is 0 Å². The molecule has 0 aromatic rings. The number of carbonyl (C=O) groups is 3. The summed E-state index contributed by atoms with van der Waals surface area (Å²) in [5, 5.41) is 15.7. The summed E-state index contributed by atoms with van der Waals surface area (Å²) in [6.45, 7) is 7.84. The van der Waals surface area contributed by atoms with Crippen LogP contribution in [0.2, 0.25) is 0 Å². The van der Waals surface area contributed by atoms with Crippen LogP contribution in [0.15, 0.2) is 0 Å². The molecule has 3 saturated heterocycles. The molecule has 3 rings (SSSR count). The number of aliphatic hydroxyl groups is 1. The molecule has 0 aliphatic carbocycles. The van der Waals surface area contributed by atoms with E-state index in [1.807, 2.05) is 27.7 Å². The van der Waals surface area contributed by atoms with Crippen molar-refractivity contribution in [1.82, 2.24) is 15.5 Å². The topological polar surface area (TPSA) is 108 Å². The number of ether oxygens (including phenoxy) is 1. The molecule has 3 aliphatic heterocycles. The van der Waals surface area contributed by atoms with E-state index in [0.717, 1.165) is 6.42 Å². The van der Waals surface area contributed by atoms with Crippen molar-refractivity contribution in [2.24, 2.45) is 11.8 Å². The van der Waals surface area contributed by atoms with Gasteiger partial charge in [0.15, 0.2) is 0 Å². The molecule has 3 aliphatic rings. The van der Waals surface area contributed by atoms with Crippen LogP contribution in [0, 0.1) is 11.8 Å². The third-order valence-corrected chi connectivity index (χ3v) is 7.18. The number of aliphatic hydroxyl groups excluding tert-OH is 1. The van der Waals surface area contributed by atoms with Gasteiger partial charge in [0.2, 0.25) is 17.7 Å². The van der Waals surface area contributed by atoms with E-state index in [2.05, 4.69) is 26.6 Å². The van der Waals surface area contributed by atoms with Crippen LogP contribution in [0.1, 0.15) is 47.0 Å². The van der Waals surface area contributed by atoms with Gasteiger partial charge in [-0.05, 0) is 33.1 Å². The van der Waals surface area contributed by atoms with Gasteiger partial charge in [0.25, 0.3) is 0 Å². The first kappa shape index (κ1) is 22.5. The minimum Gasteiger partial charge on any atom is -0.394 e. The molecule has 7 atom stereocenters. The lowest BCUT2D eigenvalue weighted by molar-refractivity contribution is -0.145. The van der Waals surface area contributed by atoms with Gasteiger partial charge >= 0.3 is 0 Å². The Morgan fingerprint density at radius 2 is 2.03 bits per heavy atom. The summed E-state index contributed by atoms with van der Waals surface area (Å²) in [5.74, 6) is -2.14. The van der Waals surface area contributed by atoms with Crippen molar-refractivity contribution in [2.75, 3.05) is 13.2 Å². The lowest BCUT2D eigenvalue weighted by Gasteiger charge is -2.37. The van der Waals surface area contributed by atoms with E-state index >= 15 is 0 Å². The summed E-state index contributed by atoms with van der Waals surface area (Å²) < 4.78 is 6.35. The number of amides is 3. The van der Waals surface area contributed by atoms with Crippen molar-refractivity contribution in [3.05, 3.63) is 0 Å². The Labute approximate surface area is 180 Å². The summed E-state index contributed by atoms with van der Waals surface area (Å²) in [5.41, 5.74) is -1.06. The van der Waals surface area contributed by atoms with Crippen molar-refractivity contribution < 1.29 is 24.2 Å². The van der Waals surface area contributed by atoms with E-state index in [1.54, 1.807) is 0 Å². The van der Waals surface area contributed by atoms with Gasteiger partial charge in [0.05, 0.1) is 30.6 Å². The molecule has 8 nitrogen and oxygen atoms in total. The largest absolute Gasteiger partial charge is 0.394 e. The highest BCUT2D eigenvalue weighted by atomic mass is 79.9. The van der Waals surface area contributed by atoms with E-state index in [9.17, 15) is 19.5 Å². The molecule has 2 bridgehead atoms. The SMILES string of the molecule is CCCNC(=O)[C@H]1[C@H]2C(=O)N([C@@H](CC)CO)C(C(=O)NC(C)C)C23CC(Br)[C@@H]1O3. The smallest absolute Gasteiger partial charge is 0.246 e. The molecule has 0 aromatic heterocycles. The van der Waals surface area contributed by atoms with Crippen LogP contribution in [-0.2, 0) is 19.1 Å². The standard InChI is InChI=1S/C20H32BrN3O5/c1-5-7-22-17(26)13-14-19(28)24(11(6-2)9-25)16(18(27)23-10(3)4)20(14)8-12(21)15(13)29-20/h10-16,25H,5-9H2,1-4H3,(H,22,26)(H,23,27)/t11-,12?,13-,14-,15-,16?,20?/m0/s1. The predicted molar refractivity (Wildman–Crippen MR) is 110 cm³/mol. The monoisotopic (exact) mass is 473 g/mol. The first-order valence-electron chi connectivity index (χ1n) is 10.6. The number of likely N-dealkylation sites (tertiary alicyclic amines) is 1. The molecule has 3 N–H and O–H groups in total. The van der Waals surface area contributed by atoms with Crippen molar-refractivity contribution in [2.45, 2.75) is 81.6 Å². The van der Waals surface area contributed by atoms with Gasteiger partial charge in [-0.3, -0.25) is 14.4 Å². The van der Waals surface area contributed by atoms with Crippen molar-refractivity contribution in [1.29, 1.82) is 0 Å². The van der Waals surface area contributed by atoms with E-state index in [4.69, 9.17) is 4.74 Å². The molecule has 0 saturated carbocycles. The van der Waals surface area contributed by atoms with Crippen LogP contribution in [0.4, 0.5) is 0 Å². The maximum atomic E-state index is 13.6. The Morgan fingerprint density at radius 1 is 1.34 bits per heavy atom. The zero-order valence-electron chi connectivity index (χ0n) is 17.5. The zero-order chi connectivity index (χ0) is 21.5. The van der Waals surface area contributed by atoms with Gasteiger partial charge < -0.3 is 25.4 Å². The maximum Gasteiger partial charge on any atom is 0.246 e. The van der Waals surface area contributed by atoms with E-state index < -0.39 is 35.6 Å². The Bertz CT molecular complexity index is 671. The zero-order valence-corrected chi connectivity index (χ0v) is 19.1. The highest BCUT2D eigenvalue weighted by molar-refractivity contribution is 9.09. The second-order valence-corrected chi connectivity index (χ2v) is 9.78. The molecule has 3 fully saturated rings. The third-order valence-electron chi connectivity index (χ3n) is 6.33. The summed E-state index contributed by atoms with van der Waals surface area (Å²) in [7, 11) is 0. The first-order chi connectivity index (χ1) is 13.7. The second kappa shape index (κ2) is 8.51. The van der Waals surface area contributed by atoms with E-state index in [1.165, 1.54) is 4.90 Å². The Balaban J connectivity index is 2.04. The number of nitrogens with one attached hydrogen (secondary N) is 2. The minimum absolute atomic E-state index is 0.105. The number of alkyl halides is 1. The van der Waals surface area contributed by atoms with Gasteiger partial charge in [0.1, 0.15) is 11.6 Å². The van der Waals surface area contributed by atoms with Gasteiger partial charge in [-0.25, -0.2) is 0 Å². The van der Waals surface area contributed by atoms with Crippen molar-refractivity contribution in [3.63, 3.8) is 0 Å². The van der Waals surface area contributed by atoms with Crippen molar-refractivity contribution >= 4 is 33.7 Å². The number of rotatable bonds is 8. The number of hydrogen-bond acceptors (Lipinski definition) is 5. The number of halogens is 1. The van der Waals surface area contributed by atoms with Gasteiger partial charge in [-0.2, -0.15) is 0 Å². The normalized spacial score (nSPS) is 36.4. The highest BCUT2D eigenvalue weighted by Gasteiger charge is 2.76. The van der Waals surface area contributed by atoms with Gasteiger partial charge in [0, 0.05) is 17.4 Å². The van der Waals surface area contributed by atoms with Crippen LogP contribution in [0.25, 0.3) is 0 Å².